The SMILES string of the molecule is COc1ccc(C(=O)CC2(C(=O)O)Cc3ccccc3C2)cc1OCCc1cc(Cl)ccc1F. The van der Waals surface area contributed by atoms with Crippen LogP contribution in [0.2, 0.25) is 5.02 Å². The van der Waals surface area contributed by atoms with Crippen LogP contribution in [-0.2, 0) is 24.1 Å². The average Bonchev–Trinajstić information content (AvgIpc) is 3.20. The molecule has 34 heavy (non-hydrogen) atoms. The summed E-state index contributed by atoms with van der Waals surface area (Å²) in [6.07, 6.45) is 0.772. The van der Waals surface area contributed by atoms with Crippen LogP contribution in [0.1, 0.15) is 33.5 Å². The molecule has 0 spiro atoms. The topological polar surface area (TPSA) is 72.8 Å². The number of aliphatic carboxylic acids is 1. The zero-order valence-electron chi connectivity index (χ0n) is 18.6. The summed E-state index contributed by atoms with van der Waals surface area (Å²) in [4.78, 5) is 25.4. The second-order valence-corrected chi connectivity index (χ2v) is 8.94. The number of carboxylic acids is 1. The number of ether oxygens (including phenoxy) is 2. The van der Waals surface area contributed by atoms with Crippen LogP contribution in [0.4, 0.5) is 4.39 Å². The van der Waals surface area contributed by atoms with Crippen LogP contribution in [0, 0.1) is 11.2 Å². The number of methoxy groups -OCH3 is 1. The number of benzene rings is 3. The molecule has 4 rings (SSSR count). The molecule has 1 aliphatic rings. The minimum absolute atomic E-state index is 0.128. The highest BCUT2D eigenvalue weighted by Crippen LogP contribution is 2.41. The number of carbonyl (C=O) groups excluding carboxylic acids is 1. The third-order valence-corrected chi connectivity index (χ3v) is 6.49. The largest absolute Gasteiger partial charge is 0.493 e. The Morgan fingerprint density at radius 1 is 1.03 bits per heavy atom. The zero-order valence-corrected chi connectivity index (χ0v) is 19.4. The van der Waals surface area contributed by atoms with Gasteiger partial charge in [0.15, 0.2) is 17.3 Å². The maximum absolute atomic E-state index is 14.0. The lowest BCUT2D eigenvalue weighted by Gasteiger charge is -2.23. The van der Waals surface area contributed by atoms with Crippen LogP contribution in [0.3, 0.4) is 0 Å². The quantitative estimate of drug-likeness (QED) is 0.405. The first kappa shape index (κ1) is 23.8. The monoisotopic (exact) mass is 482 g/mol. The second kappa shape index (κ2) is 9.85. The molecule has 7 heteroatoms. The molecule has 0 aliphatic heterocycles. The van der Waals surface area contributed by atoms with Gasteiger partial charge in [0.1, 0.15) is 5.82 Å². The van der Waals surface area contributed by atoms with E-state index in [1.807, 2.05) is 24.3 Å². The molecular weight excluding hydrogens is 459 g/mol. The fraction of sp³-hybridized carbons (Fsp3) is 0.259. The van der Waals surface area contributed by atoms with E-state index in [0.717, 1.165) is 11.1 Å². The summed E-state index contributed by atoms with van der Waals surface area (Å²) in [6.45, 7) is 0.139. The maximum Gasteiger partial charge on any atom is 0.310 e. The molecule has 0 saturated heterocycles. The Morgan fingerprint density at radius 2 is 1.74 bits per heavy atom. The van der Waals surface area contributed by atoms with Gasteiger partial charge in [-0.2, -0.15) is 0 Å². The van der Waals surface area contributed by atoms with Crippen LogP contribution in [-0.4, -0.2) is 30.6 Å². The fourth-order valence-corrected chi connectivity index (χ4v) is 4.62. The first-order valence-electron chi connectivity index (χ1n) is 10.9. The van der Waals surface area contributed by atoms with E-state index in [1.165, 1.54) is 19.2 Å². The summed E-state index contributed by atoms with van der Waals surface area (Å²) in [5, 5.41) is 10.4. The second-order valence-electron chi connectivity index (χ2n) is 8.51. The molecule has 0 amide bonds. The highest BCUT2D eigenvalue weighted by atomic mass is 35.5. The van der Waals surface area contributed by atoms with E-state index in [9.17, 15) is 19.1 Å². The van der Waals surface area contributed by atoms with Gasteiger partial charge in [0.2, 0.25) is 0 Å². The van der Waals surface area contributed by atoms with E-state index in [1.54, 1.807) is 24.3 Å². The molecule has 0 radical (unpaired) electrons. The van der Waals surface area contributed by atoms with Crippen molar-refractivity contribution in [3.8, 4) is 11.5 Å². The summed E-state index contributed by atoms with van der Waals surface area (Å²) >= 11 is 5.94. The standard InChI is InChI=1S/C27H24ClFO5/c1-33-24-9-6-18(13-25(24)34-11-10-17-12-21(28)7-8-22(17)29)23(30)16-27(26(31)32)14-19-4-2-3-5-20(19)15-27/h2-9,12-13H,10-11,14-16H2,1H3,(H,31,32). The molecule has 3 aromatic rings. The molecule has 5 nitrogen and oxygen atoms in total. The van der Waals surface area contributed by atoms with Crippen molar-refractivity contribution in [2.75, 3.05) is 13.7 Å². The Hall–Kier alpha value is -3.38. The van der Waals surface area contributed by atoms with Crippen molar-refractivity contribution >= 4 is 23.4 Å². The summed E-state index contributed by atoms with van der Waals surface area (Å²) in [6, 6.07) is 16.7. The van der Waals surface area contributed by atoms with E-state index < -0.39 is 11.4 Å². The number of hydrogen-bond acceptors (Lipinski definition) is 4. The van der Waals surface area contributed by atoms with Crippen molar-refractivity contribution in [1.29, 1.82) is 0 Å². The Bertz CT molecular complexity index is 1210. The highest BCUT2D eigenvalue weighted by molar-refractivity contribution is 6.30. The third kappa shape index (κ3) is 4.92. The van der Waals surface area contributed by atoms with Crippen LogP contribution >= 0.6 is 11.6 Å². The minimum Gasteiger partial charge on any atom is -0.493 e. The van der Waals surface area contributed by atoms with Crippen LogP contribution in [0.5, 0.6) is 11.5 Å². The average molecular weight is 483 g/mol. The Balaban J connectivity index is 1.50. The number of hydrogen-bond donors (Lipinski definition) is 1. The predicted molar refractivity (Wildman–Crippen MR) is 126 cm³/mol. The van der Waals surface area contributed by atoms with Crippen molar-refractivity contribution in [2.45, 2.75) is 25.7 Å². The highest BCUT2D eigenvalue weighted by Gasteiger charge is 2.45. The van der Waals surface area contributed by atoms with Gasteiger partial charge in [-0.25, -0.2) is 4.39 Å². The molecule has 3 aromatic carbocycles. The van der Waals surface area contributed by atoms with Gasteiger partial charge in [-0.1, -0.05) is 35.9 Å². The molecule has 0 heterocycles. The summed E-state index contributed by atoms with van der Waals surface area (Å²) < 4.78 is 25.1. The summed E-state index contributed by atoms with van der Waals surface area (Å²) in [5.74, 6) is -0.895. The Morgan fingerprint density at radius 3 is 2.38 bits per heavy atom. The lowest BCUT2D eigenvalue weighted by Crippen LogP contribution is -2.34. The predicted octanol–water partition coefficient (Wildman–Crippen LogP) is 5.55. The first-order chi connectivity index (χ1) is 16.3. The van der Waals surface area contributed by atoms with E-state index >= 15 is 0 Å². The number of rotatable bonds is 9. The van der Waals surface area contributed by atoms with Gasteiger partial charge in [-0.05, 0) is 65.9 Å². The van der Waals surface area contributed by atoms with Gasteiger partial charge in [-0.3, -0.25) is 9.59 Å². The molecule has 0 aromatic heterocycles. The van der Waals surface area contributed by atoms with Gasteiger partial charge in [0.25, 0.3) is 0 Å². The van der Waals surface area contributed by atoms with Gasteiger partial charge in [-0.15, -0.1) is 0 Å². The van der Waals surface area contributed by atoms with Gasteiger partial charge in [0.05, 0.1) is 19.1 Å². The van der Waals surface area contributed by atoms with Crippen molar-refractivity contribution in [1.82, 2.24) is 0 Å². The first-order valence-corrected chi connectivity index (χ1v) is 11.3. The van der Waals surface area contributed by atoms with Crippen molar-refractivity contribution in [2.24, 2.45) is 5.41 Å². The minimum atomic E-state index is -1.17. The Labute approximate surface area is 202 Å². The molecule has 1 N–H and O–H groups in total. The van der Waals surface area contributed by atoms with Crippen molar-refractivity contribution in [3.05, 3.63) is 93.8 Å². The number of fused-ring (bicyclic) bond motifs is 1. The normalized spacial score (nSPS) is 13.9. The lowest BCUT2D eigenvalue weighted by molar-refractivity contribution is -0.148. The molecule has 0 bridgehead atoms. The van der Waals surface area contributed by atoms with Crippen LogP contribution in [0.25, 0.3) is 0 Å². The maximum atomic E-state index is 14.0. The molecule has 0 atom stereocenters. The van der Waals surface area contributed by atoms with Gasteiger partial charge >= 0.3 is 5.97 Å². The molecule has 1 aliphatic carbocycles. The fourth-order valence-electron chi connectivity index (χ4n) is 4.42. The third-order valence-electron chi connectivity index (χ3n) is 6.25. The van der Waals surface area contributed by atoms with Crippen LogP contribution in [0.15, 0.2) is 60.7 Å². The van der Waals surface area contributed by atoms with Gasteiger partial charge in [0, 0.05) is 23.4 Å². The molecule has 0 fully saturated rings. The molecule has 176 valence electrons. The molecule has 0 saturated carbocycles. The van der Waals surface area contributed by atoms with Gasteiger partial charge < -0.3 is 14.6 Å². The van der Waals surface area contributed by atoms with E-state index in [-0.39, 0.29) is 31.0 Å². The van der Waals surface area contributed by atoms with Crippen molar-refractivity contribution in [3.63, 3.8) is 0 Å². The smallest absolute Gasteiger partial charge is 0.310 e. The van der Waals surface area contributed by atoms with E-state index in [2.05, 4.69) is 0 Å². The number of halogens is 2. The number of Topliss-reactive ketones (excluding diaryl/α,β-unsaturated/α-hetero) is 1. The molecule has 0 unspecified atom stereocenters. The number of carbonyl (C=O) groups is 2. The zero-order chi connectivity index (χ0) is 24.3. The lowest BCUT2D eigenvalue weighted by atomic mass is 9.79. The van der Waals surface area contributed by atoms with Crippen LogP contribution < -0.4 is 9.47 Å². The summed E-state index contributed by atoms with van der Waals surface area (Å²) in [5.41, 5.74) is 1.50. The van der Waals surface area contributed by atoms with E-state index in [0.29, 0.717) is 40.5 Å². The van der Waals surface area contributed by atoms with E-state index in [4.69, 9.17) is 21.1 Å². The van der Waals surface area contributed by atoms with Crippen molar-refractivity contribution < 1.29 is 28.6 Å². The molecular formula is C27H24ClFO5. The summed E-state index contributed by atoms with van der Waals surface area (Å²) in [7, 11) is 1.48. The number of ketones is 1. The number of carboxylic acid groups (broad SMARTS) is 1. The Kier molecular flexibility index (Phi) is 6.89.